The lowest BCUT2D eigenvalue weighted by Crippen LogP contribution is -2.45. The van der Waals surface area contributed by atoms with Crippen LogP contribution in [0.5, 0.6) is 11.5 Å². The number of carbonyl (C=O) groups excluding carboxylic acids is 1. The van der Waals surface area contributed by atoms with E-state index in [2.05, 4.69) is 10.9 Å². The van der Waals surface area contributed by atoms with Gasteiger partial charge in [0.1, 0.15) is 0 Å². The minimum atomic E-state index is 0.0281. The highest BCUT2D eigenvalue weighted by Gasteiger charge is 2.23. The monoisotopic (exact) mass is 290 g/mol. The molecule has 5 heteroatoms. The Kier molecular flexibility index (Phi) is 4.29. The van der Waals surface area contributed by atoms with E-state index in [-0.39, 0.29) is 11.8 Å². The summed E-state index contributed by atoms with van der Waals surface area (Å²) in [7, 11) is 1.66. The molecule has 0 bridgehead atoms. The van der Waals surface area contributed by atoms with Crippen LogP contribution in [0.4, 0.5) is 0 Å². The number of amides is 1. The molecule has 0 aromatic heterocycles. The first-order valence-corrected chi connectivity index (χ1v) is 7.62. The van der Waals surface area contributed by atoms with Crippen molar-refractivity contribution in [1.29, 1.82) is 0 Å². The van der Waals surface area contributed by atoms with E-state index in [0.29, 0.717) is 12.5 Å². The van der Waals surface area contributed by atoms with Gasteiger partial charge < -0.3 is 9.47 Å². The number of hydrogen-bond donors (Lipinski definition) is 2. The molecule has 1 aliphatic carbocycles. The van der Waals surface area contributed by atoms with Crippen LogP contribution in [-0.4, -0.2) is 25.7 Å². The van der Waals surface area contributed by atoms with Crippen LogP contribution in [0.15, 0.2) is 18.2 Å². The second-order valence-corrected chi connectivity index (χ2v) is 5.76. The van der Waals surface area contributed by atoms with E-state index in [1.54, 1.807) is 7.11 Å². The van der Waals surface area contributed by atoms with E-state index in [9.17, 15) is 4.79 Å². The Labute approximate surface area is 125 Å². The van der Waals surface area contributed by atoms with Gasteiger partial charge in [-0.15, -0.1) is 0 Å². The highest BCUT2D eigenvalue weighted by molar-refractivity contribution is 5.77. The number of benzene rings is 1. The quantitative estimate of drug-likeness (QED) is 0.892. The number of methoxy groups -OCH3 is 1. The first-order valence-electron chi connectivity index (χ1n) is 7.62. The minimum absolute atomic E-state index is 0.0281. The van der Waals surface area contributed by atoms with E-state index in [4.69, 9.17) is 9.47 Å². The van der Waals surface area contributed by atoms with Crippen molar-refractivity contribution < 1.29 is 14.3 Å². The molecule has 1 unspecified atom stereocenters. The van der Waals surface area contributed by atoms with Crippen molar-refractivity contribution in [3.05, 3.63) is 23.8 Å². The van der Waals surface area contributed by atoms with Crippen LogP contribution in [0.2, 0.25) is 0 Å². The molecule has 114 valence electrons. The minimum Gasteiger partial charge on any atom is -0.493 e. The van der Waals surface area contributed by atoms with Crippen molar-refractivity contribution in [2.75, 3.05) is 13.7 Å². The van der Waals surface area contributed by atoms with Gasteiger partial charge in [-0.1, -0.05) is 6.07 Å². The normalized spacial score (nSPS) is 22.9. The van der Waals surface area contributed by atoms with Gasteiger partial charge in [-0.25, -0.2) is 5.43 Å². The van der Waals surface area contributed by atoms with Crippen LogP contribution in [0.25, 0.3) is 0 Å². The predicted octanol–water partition coefficient (Wildman–Crippen LogP) is 2.12. The summed E-state index contributed by atoms with van der Waals surface area (Å²) in [6, 6.07) is 5.99. The first kappa shape index (κ1) is 14.2. The molecule has 5 nitrogen and oxygen atoms in total. The van der Waals surface area contributed by atoms with Gasteiger partial charge in [0.05, 0.1) is 13.2 Å². The molecule has 2 fully saturated rings. The Morgan fingerprint density at radius 2 is 2.00 bits per heavy atom. The Balaban J connectivity index is 1.79. The zero-order valence-corrected chi connectivity index (χ0v) is 12.4. The second-order valence-electron chi connectivity index (χ2n) is 5.76. The summed E-state index contributed by atoms with van der Waals surface area (Å²) < 4.78 is 11.5. The molecule has 1 heterocycles. The maximum Gasteiger partial charge on any atom is 0.234 e. The standard InChI is InChI=1S/C16H22N2O3/c1-20-14-7-6-11(12-9-16(19)18-17-10-12)8-15(14)21-13-4-2-3-5-13/h6-8,12-13,17H,2-5,9-10H2,1H3,(H,18,19). The molecule has 3 rings (SSSR count). The molecule has 1 aromatic carbocycles. The SMILES string of the molecule is COc1ccc(C2CNNC(=O)C2)cc1OC1CCCC1. The van der Waals surface area contributed by atoms with Crippen molar-refractivity contribution in [1.82, 2.24) is 10.9 Å². The molecule has 1 aliphatic heterocycles. The lowest BCUT2D eigenvalue weighted by atomic mass is 9.94. The fourth-order valence-corrected chi connectivity index (χ4v) is 3.08. The third-order valence-corrected chi connectivity index (χ3v) is 4.26. The highest BCUT2D eigenvalue weighted by Crippen LogP contribution is 2.35. The molecule has 2 N–H and O–H groups in total. The van der Waals surface area contributed by atoms with Gasteiger partial charge in [0.25, 0.3) is 0 Å². The number of ether oxygens (including phenoxy) is 2. The van der Waals surface area contributed by atoms with Crippen LogP contribution in [0, 0.1) is 0 Å². The Morgan fingerprint density at radius 3 is 2.71 bits per heavy atom. The van der Waals surface area contributed by atoms with Gasteiger partial charge in [-0.3, -0.25) is 10.2 Å². The number of rotatable bonds is 4. The molecule has 0 radical (unpaired) electrons. The van der Waals surface area contributed by atoms with Gasteiger partial charge in [0.15, 0.2) is 11.5 Å². The predicted molar refractivity (Wildman–Crippen MR) is 79.4 cm³/mol. The van der Waals surface area contributed by atoms with Gasteiger partial charge in [-0.05, 0) is 43.4 Å². The number of hydrogen-bond acceptors (Lipinski definition) is 4. The highest BCUT2D eigenvalue weighted by atomic mass is 16.5. The first-order chi connectivity index (χ1) is 10.3. The van der Waals surface area contributed by atoms with Gasteiger partial charge in [0.2, 0.25) is 5.91 Å². The molecule has 1 amide bonds. The Morgan fingerprint density at radius 1 is 1.19 bits per heavy atom. The largest absolute Gasteiger partial charge is 0.493 e. The molecule has 1 aromatic rings. The molecular weight excluding hydrogens is 268 g/mol. The van der Waals surface area contributed by atoms with Crippen LogP contribution < -0.4 is 20.3 Å². The van der Waals surface area contributed by atoms with E-state index in [1.807, 2.05) is 18.2 Å². The fraction of sp³-hybridized carbons (Fsp3) is 0.562. The van der Waals surface area contributed by atoms with Crippen LogP contribution in [0.1, 0.15) is 43.6 Å². The summed E-state index contributed by atoms with van der Waals surface area (Å²) in [5.41, 5.74) is 6.68. The summed E-state index contributed by atoms with van der Waals surface area (Å²) in [6.07, 6.45) is 5.49. The Hall–Kier alpha value is -1.75. The molecule has 0 spiro atoms. The maximum absolute atomic E-state index is 11.5. The Bertz CT molecular complexity index is 512. The number of carbonyl (C=O) groups is 1. The van der Waals surface area contributed by atoms with Crippen molar-refractivity contribution in [3.63, 3.8) is 0 Å². The summed E-state index contributed by atoms with van der Waals surface area (Å²) in [5, 5.41) is 0. The van der Waals surface area contributed by atoms with Gasteiger partial charge in [0, 0.05) is 18.9 Å². The molecule has 1 saturated carbocycles. The summed E-state index contributed by atoms with van der Waals surface area (Å²) in [6.45, 7) is 0.737. The lowest BCUT2D eigenvalue weighted by molar-refractivity contribution is -0.123. The van der Waals surface area contributed by atoms with E-state index in [1.165, 1.54) is 12.8 Å². The van der Waals surface area contributed by atoms with E-state index >= 15 is 0 Å². The van der Waals surface area contributed by atoms with Crippen molar-refractivity contribution in [2.45, 2.75) is 44.1 Å². The third kappa shape index (κ3) is 3.29. The van der Waals surface area contributed by atoms with Crippen LogP contribution in [-0.2, 0) is 4.79 Å². The molecule has 2 aliphatic rings. The molecule has 1 atom stereocenters. The van der Waals surface area contributed by atoms with Crippen molar-refractivity contribution in [2.24, 2.45) is 0 Å². The lowest BCUT2D eigenvalue weighted by Gasteiger charge is -2.24. The molecule has 21 heavy (non-hydrogen) atoms. The van der Waals surface area contributed by atoms with Crippen molar-refractivity contribution >= 4 is 5.91 Å². The fourth-order valence-electron chi connectivity index (χ4n) is 3.08. The van der Waals surface area contributed by atoms with Crippen molar-refractivity contribution in [3.8, 4) is 11.5 Å². The summed E-state index contributed by atoms with van der Waals surface area (Å²) in [5.74, 6) is 1.77. The summed E-state index contributed by atoms with van der Waals surface area (Å²) >= 11 is 0. The second kappa shape index (κ2) is 6.35. The number of nitrogens with one attached hydrogen (secondary N) is 2. The zero-order valence-electron chi connectivity index (χ0n) is 12.4. The summed E-state index contributed by atoms with van der Waals surface area (Å²) in [4.78, 5) is 11.5. The van der Waals surface area contributed by atoms with Gasteiger partial charge >= 0.3 is 0 Å². The third-order valence-electron chi connectivity index (χ3n) is 4.26. The maximum atomic E-state index is 11.5. The number of hydrazine groups is 1. The van der Waals surface area contributed by atoms with Gasteiger partial charge in [-0.2, -0.15) is 0 Å². The van der Waals surface area contributed by atoms with E-state index in [0.717, 1.165) is 36.4 Å². The average Bonchev–Trinajstić information content (AvgIpc) is 3.00. The topological polar surface area (TPSA) is 59.6 Å². The van der Waals surface area contributed by atoms with Crippen LogP contribution >= 0.6 is 0 Å². The molecule has 1 saturated heterocycles. The average molecular weight is 290 g/mol. The molecular formula is C16H22N2O3. The van der Waals surface area contributed by atoms with E-state index < -0.39 is 0 Å². The zero-order chi connectivity index (χ0) is 14.7. The van der Waals surface area contributed by atoms with Crippen LogP contribution in [0.3, 0.4) is 0 Å². The smallest absolute Gasteiger partial charge is 0.234 e.